The number of benzene rings is 1. The predicted octanol–water partition coefficient (Wildman–Crippen LogP) is 0.180. The molecule has 0 aromatic heterocycles. The van der Waals surface area contributed by atoms with Crippen LogP contribution in [0.15, 0.2) is 36.4 Å². The number of nitrogens with zero attached hydrogens (tertiary/aromatic N) is 2. The minimum absolute atomic E-state index is 0.0379. The number of β-amino-alcohol motifs (C(OH)–C–C–N with tert-alkyl or cyclic N) is 1. The van der Waals surface area contributed by atoms with Crippen LogP contribution in [0, 0.1) is 11.8 Å². The first-order valence-corrected chi connectivity index (χ1v) is 9.26. The Labute approximate surface area is 157 Å². The van der Waals surface area contributed by atoms with Crippen molar-refractivity contribution in [2.75, 3.05) is 26.7 Å². The number of hydrogen-bond acceptors (Lipinski definition) is 5. The van der Waals surface area contributed by atoms with Crippen LogP contribution in [0.5, 0.6) is 5.75 Å². The summed E-state index contributed by atoms with van der Waals surface area (Å²) in [5.74, 6) is -0.352. The molecule has 0 aliphatic carbocycles. The van der Waals surface area contributed by atoms with Gasteiger partial charge in [0.15, 0.2) is 0 Å². The summed E-state index contributed by atoms with van der Waals surface area (Å²) >= 11 is 0. The molecule has 3 saturated heterocycles. The summed E-state index contributed by atoms with van der Waals surface area (Å²) in [5.41, 5.74) is 0.274. The summed E-state index contributed by atoms with van der Waals surface area (Å²) in [6.07, 6.45) is 3.07. The van der Waals surface area contributed by atoms with Crippen molar-refractivity contribution in [3.05, 3.63) is 42.0 Å². The highest BCUT2D eigenvalue weighted by atomic mass is 16.5. The maximum absolute atomic E-state index is 13.2. The second kappa shape index (κ2) is 5.81. The molecule has 2 bridgehead atoms. The summed E-state index contributed by atoms with van der Waals surface area (Å²) < 4.78 is 11.4. The molecule has 4 aliphatic rings. The van der Waals surface area contributed by atoms with E-state index in [9.17, 15) is 14.7 Å². The van der Waals surface area contributed by atoms with Crippen molar-refractivity contribution in [2.24, 2.45) is 11.8 Å². The Kier molecular flexibility index (Phi) is 3.61. The van der Waals surface area contributed by atoms with Crippen molar-refractivity contribution in [2.45, 2.75) is 24.4 Å². The van der Waals surface area contributed by atoms with E-state index in [4.69, 9.17) is 9.47 Å². The molecular weight excluding hydrogens is 348 g/mol. The fraction of sp³-hybridized carbons (Fsp3) is 0.500. The highest BCUT2D eigenvalue weighted by Gasteiger charge is 2.67. The van der Waals surface area contributed by atoms with Gasteiger partial charge in [0, 0.05) is 19.6 Å². The molecular formula is C20H22N2O5. The minimum Gasteiger partial charge on any atom is -0.497 e. The number of likely N-dealkylation sites (tertiary alicyclic amines) is 2. The molecule has 1 N–H and O–H groups in total. The molecule has 4 aliphatic heterocycles. The lowest BCUT2D eigenvalue weighted by Gasteiger charge is -2.39. The highest BCUT2D eigenvalue weighted by Crippen LogP contribution is 2.52. The van der Waals surface area contributed by atoms with Crippen LogP contribution >= 0.6 is 0 Å². The molecule has 1 spiro atoms. The van der Waals surface area contributed by atoms with Gasteiger partial charge in [0.05, 0.1) is 37.7 Å². The normalized spacial score (nSPS) is 34.1. The summed E-state index contributed by atoms with van der Waals surface area (Å²) in [4.78, 5) is 29.5. The molecule has 142 valence electrons. The molecule has 0 radical (unpaired) electrons. The molecule has 7 heteroatoms. The number of amides is 2. The van der Waals surface area contributed by atoms with Crippen molar-refractivity contribution >= 4 is 11.8 Å². The van der Waals surface area contributed by atoms with Gasteiger partial charge in [-0.2, -0.15) is 0 Å². The van der Waals surface area contributed by atoms with Gasteiger partial charge in [0.1, 0.15) is 11.4 Å². The zero-order valence-corrected chi connectivity index (χ0v) is 15.1. The van der Waals surface area contributed by atoms with Gasteiger partial charge in [0.25, 0.3) is 0 Å². The number of hydrogen-bond donors (Lipinski definition) is 1. The van der Waals surface area contributed by atoms with Crippen molar-refractivity contribution in [3.63, 3.8) is 0 Å². The van der Waals surface area contributed by atoms with Gasteiger partial charge >= 0.3 is 0 Å². The monoisotopic (exact) mass is 370 g/mol. The molecule has 3 fully saturated rings. The molecule has 7 nitrogen and oxygen atoms in total. The summed E-state index contributed by atoms with van der Waals surface area (Å²) in [6, 6.07) is 7.64. The Hall–Kier alpha value is -2.38. The maximum Gasteiger partial charge on any atom is 0.230 e. The second-order valence-electron chi connectivity index (χ2n) is 7.84. The first-order valence-electron chi connectivity index (χ1n) is 9.26. The molecule has 0 unspecified atom stereocenters. The molecule has 27 heavy (non-hydrogen) atoms. The van der Waals surface area contributed by atoms with Gasteiger partial charge in [-0.3, -0.25) is 9.59 Å². The summed E-state index contributed by atoms with van der Waals surface area (Å²) in [6.45, 7) is 1.59. The van der Waals surface area contributed by atoms with E-state index in [1.807, 2.05) is 36.4 Å². The van der Waals surface area contributed by atoms with Gasteiger partial charge in [0.2, 0.25) is 11.8 Å². The molecule has 5 rings (SSSR count). The molecule has 4 atom stereocenters. The highest BCUT2D eigenvalue weighted by molar-refractivity contribution is 5.93. The minimum atomic E-state index is -0.704. The van der Waals surface area contributed by atoms with Crippen LogP contribution < -0.4 is 4.74 Å². The van der Waals surface area contributed by atoms with Crippen LogP contribution in [0.4, 0.5) is 0 Å². The zero-order valence-electron chi connectivity index (χ0n) is 15.1. The Balaban J connectivity index is 1.38. The number of aliphatic hydroxyl groups excluding tert-OH is 1. The molecule has 1 aromatic rings. The lowest BCUT2D eigenvalue weighted by molar-refractivity contribution is -0.151. The number of aliphatic hydroxyl groups is 1. The predicted molar refractivity (Wildman–Crippen MR) is 94.7 cm³/mol. The van der Waals surface area contributed by atoms with Crippen molar-refractivity contribution in [3.8, 4) is 5.75 Å². The second-order valence-corrected chi connectivity index (χ2v) is 7.84. The molecule has 0 saturated carbocycles. The maximum atomic E-state index is 13.2. The van der Waals surface area contributed by atoms with E-state index in [0.717, 1.165) is 11.3 Å². The third-order valence-corrected chi connectivity index (χ3v) is 6.15. The SMILES string of the molecule is COc1cccc(CN2C[C@]34C=C[C@H](O3)[C@H](C(=O)N3CC(O)C3)[C@H]4C2=O)c1. The van der Waals surface area contributed by atoms with Crippen LogP contribution in [0.2, 0.25) is 0 Å². The van der Waals surface area contributed by atoms with E-state index in [1.54, 1.807) is 16.9 Å². The van der Waals surface area contributed by atoms with Crippen LogP contribution in [0.25, 0.3) is 0 Å². The topological polar surface area (TPSA) is 79.3 Å². The number of ether oxygens (including phenoxy) is 2. The molecule has 1 aromatic carbocycles. The van der Waals surface area contributed by atoms with E-state index >= 15 is 0 Å². The number of carbonyl (C=O) groups is 2. The Morgan fingerprint density at radius 1 is 1.41 bits per heavy atom. The van der Waals surface area contributed by atoms with Crippen LogP contribution in [0.3, 0.4) is 0 Å². The van der Waals surface area contributed by atoms with Crippen LogP contribution in [-0.4, -0.2) is 71.3 Å². The number of rotatable bonds is 4. The first-order chi connectivity index (χ1) is 13.0. The van der Waals surface area contributed by atoms with E-state index in [2.05, 4.69) is 0 Å². The van der Waals surface area contributed by atoms with E-state index in [0.29, 0.717) is 26.2 Å². The van der Waals surface area contributed by atoms with Crippen molar-refractivity contribution in [1.82, 2.24) is 9.80 Å². The van der Waals surface area contributed by atoms with E-state index in [-0.39, 0.29) is 17.9 Å². The molecule has 2 amide bonds. The van der Waals surface area contributed by atoms with Gasteiger partial charge in [-0.25, -0.2) is 0 Å². The Morgan fingerprint density at radius 2 is 2.22 bits per heavy atom. The lowest BCUT2D eigenvalue weighted by atomic mass is 9.76. The lowest BCUT2D eigenvalue weighted by Crippen LogP contribution is -2.57. The fourth-order valence-electron chi connectivity index (χ4n) is 4.83. The molecule has 4 heterocycles. The quantitative estimate of drug-likeness (QED) is 0.765. The first kappa shape index (κ1) is 16.8. The van der Waals surface area contributed by atoms with Gasteiger partial charge < -0.3 is 24.4 Å². The van der Waals surface area contributed by atoms with Gasteiger partial charge in [-0.05, 0) is 17.7 Å². The van der Waals surface area contributed by atoms with Gasteiger partial charge in [-0.15, -0.1) is 0 Å². The number of carbonyl (C=O) groups excluding carboxylic acids is 2. The van der Waals surface area contributed by atoms with E-state index < -0.39 is 23.5 Å². The largest absolute Gasteiger partial charge is 0.497 e. The zero-order chi connectivity index (χ0) is 18.8. The number of methoxy groups -OCH3 is 1. The number of fused-ring (bicyclic) bond motifs is 1. The summed E-state index contributed by atoms with van der Waals surface area (Å²) in [5, 5.41) is 9.50. The van der Waals surface area contributed by atoms with Crippen molar-refractivity contribution in [1.29, 1.82) is 0 Å². The van der Waals surface area contributed by atoms with Crippen molar-refractivity contribution < 1.29 is 24.2 Å². The smallest absolute Gasteiger partial charge is 0.230 e. The van der Waals surface area contributed by atoms with Gasteiger partial charge in [-0.1, -0.05) is 24.3 Å². The standard InChI is InChI=1S/C20H22N2O5/c1-26-14-4-2-3-12(7-14)8-22-11-20-6-5-15(27-20)16(17(20)19(22)25)18(24)21-9-13(23)10-21/h2-7,13,15-17,23H,8-11H2,1H3/t15-,16-,17-,20-/m0/s1. The Bertz CT molecular complexity index is 833. The average molecular weight is 370 g/mol. The van der Waals surface area contributed by atoms with E-state index in [1.165, 1.54) is 0 Å². The fourth-order valence-corrected chi connectivity index (χ4v) is 4.83. The van der Waals surface area contributed by atoms with Crippen LogP contribution in [0.1, 0.15) is 5.56 Å². The van der Waals surface area contributed by atoms with Crippen LogP contribution in [-0.2, 0) is 20.9 Å². The Morgan fingerprint density at radius 3 is 2.96 bits per heavy atom. The third-order valence-electron chi connectivity index (χ3n) is 6.15. The third kappa shape index (κ3) is 2.41. The summed E-state index contributed by atoms with van der Waals surface area (Å²) in [7, 11) is 1.61. The average Bonchev–Trinajstić information content (AvgIpc) is 3.27.